The fourth-order valence-corrected chi connectivity index (χ4v) is 4.08. The third-order valence-electron chi connectivity index (χ3n) is 5.51. The van der Waals surface area contributed by atoms with Gasteiger partial charge in [-0.05, 0) is 18.6 Å². The molecular formula is C21H24N4O4. The van der Waals surface area contributed by atoms with E-state index in [-0.39, 0.29) is 18.2 Å². The first-order valence-electron chi connectivity index (χ1n) is 9.93. The summed E-state index contributed by atoms with van der Waals surface area (Å²) in [5.74, 6) is 1.66. The number of benzene rings is 1. The molecule has 0 saturated carbocycles. The summed E-state index contributed by atoms with van der Waals surface area (Å²) < 4.78 is 21.6. The summed E-state index contributed by atoms with van der Waals surface area (Å²) in [5, 5.41) is 10.0. The molecule has 0 bridgehead atoms. The van der Waals surface area contributed by atoms with Crippen LogP contribution >= 0.6 is 0 Å². The van der Waals surface area contributed by atoms with Crippen LogP contribution in [0.2, 0.25) is 0 Å². The van der Waals surface area contributed by atoms with Crippen LogP contribution in [0.25, 0.3) is 11.4 Å². The van der Waals surface area contributed by atoms with Gasteiger partial charge in [-0.2, -0.15) is 0 Å². The van der Waals surface area contributed by atoms with E-state index in [1.807, 2.05) is 47.6 Å². The molecule has 8 heteroatoms. The van der Waals surface area contributed by atoms with E-state index in [4.69, 9.17) is 14.2 Å². The van der Waals surface area contributed by atoms with Crippen molar-refractivity contribution in [1.29, 1.82) is 0 Å². The van der Waals surface area contributed by atoms with Gasteiger partial charge in [0, 0.05) is 36.9 Å². The molecule has 2 fully saturated rings. The van der Waals surface area contributed by atoms with Crippen LogP contribution in [0.5, 0.6) is 5.75 Å². The lowest BCUT2D eigenvalue weighted by Gasteiger charge is -2.20. The largest absolute Gasteiger partial charge is 0.494 e. The summed E-state index contributed by atoms with van der Waals surface area (Å²) >= 11 is 0. The third kappa shape index (κ3) is 3.66. The summed E-state index contributed by atoms with van der Waals surface area (Å²) in [4.78, 5) is 8.60. The van der Waals surface area contributed by atoms with Gasteiger partial charge in [0.2, 0.25) is 0 Å². The first-order valence-corrected chi connectivity index (χ1v) is 9.93. The number of hydrogen-bond acceptors (Lipinski definition) is 6. The molecule has 29 heavy (non-hydrogen) atoms. The minimum absolute atomic E-state index is 0.00518. The van der Waals surface area contributed by atoms with Gasteiger partial charge in [-0.25, -0.2) is 9.97 Å². The summed E-state index contributed by atoms with van der Waals surface area (Å²) in [6, 6.07) is 7.96. The van der Waals surface area contributed by atoms with Crippen molar-refractivity contribution < 1.29 is 19.3 Å². The first kappa shape index (κ1) is 18.4. The first-order chi connectivity index (χ1) is 14.3. The molecule has 2 aliphatic heterocycles. The summed E-state index contributed by atoms with van der Waals surface area (Å²) in [6.07, 6.45) is 9.19. The molecule has 0 unspecified atom stereocenters. The lowest BCUT2D eigenvalue weighted by molar-refractivity contribution is 0.0172. The van der Waals surface area contributed by atoms with Crippen LogP contribution in [0.1, 0.15) is 12.5 Å². The Labute approximate surface area is 168 Å². The Balaban J connectivity index is 1.27. The van der Waals surface area contributed by atoms with Crippen molar-refractivity contribution >= 4 is 0 Å². The van der Waals surface area contributed by atoms with Crippen molar-refractivity contribution in [2.45, 2.75) is 37.3 Å². The maximum atomic E-state index is 10.0. The van der Waals surface area contributed by atoms with Crippen molar-refractivity contribution in [1.82, 2.24) is 19.1 Å². The number of fused-ring (bicyclic) bond motifs is 1. The van der Waals surface area contributed by atoms with Gasteiger partial charge in [0.05, 0.1) is 32.2 Å². The molecule has 0 aliphatic carbocycles. The summed E-state index contributed by atoms with van der Waals surface area (Å²) in [7, 11) is 0. The minimum Gasteiger partial charge on any atom is -0.494 e. The van der Waals surface area contributed by atoms with Crippen LogP contribution in [0.3, 0.4) is 0 Å². The molecule has 5 rings (SSSR count). The van der Waals surface area contributed by atoms with E-state index in [0.29, 0.717) is 19.8 Å². The number of imidazole rings is 2. The molecule has 0 radical (unpaired) electrons. The Morgan fingerprint density at radius 3 is 2.97 bits per heavy atom. The Morgan fingerprint density at radius 2 is 2.07 bits per heavy atom. The van der Waals surface area contributed by atoms with E-state index in [1.54, 1.807) is 12.4 Å². The monoisotopic (exact) mass is 396 g/mol. The standard InChI is InChI=1S/C21H24N4O4/c26-18-13-29-19-17(12-28-20(18)19)25-9-6-23-21(25)15-3-1-4-16(11-15)27-10-2-7-24-8-5-22-14-24/h1,3-6,8-9,11,14,17-20,26H,2,7,10,12-13H2/t17-,18+,19+,20+/m0/s1. The topological polar surface area (TPSA) is 83.6 Å². The number of aryl methyl sites for hydroxylation is 1. The second-order valence-corrected chi connectivity index (χ2v) is 7.42. The molecule has 3 aromatic rings. The van der Waals surface area contributed by atoms with E-state index < -0.39 is 6.10 Å². The number of rotatable bonds is 7. The van der Waals surface area contributed by atoms with Crippen LogP contribution in [-0.2, 0) is 16.0 Å². The van der Waals surface area contributed by atoms with Gasteiger partial charge in [-0.3, -0.25) is 0 Å². The average Bonchev–Trinajstić information content (AvgIpc) is 3.52. The lowest BCUT2D eigenvalue weighted by Crippen LogP contribution is -2.30. The average molecular weight is 396 g/mol. The zero-order chi connectivity index (χ0) is 19.6. The molecule has 152 valence electrons. The molecule has 1 aromatic carbocycles. The zero-order valence-electron chi connectivity index (χ0n) is 16.0. The fourth-order valence-electron chi connectivity index (χ4n) is 4.08. The predicted octanol–water partition coefficient (Wildman–Crippen LogP) is 1.92. The highest BCUT2D eigenvalue weighted by atomic mass is 16.6. The molecule has 0 spiro atoms. The van der Waals surface area contributed by atoms with E-state index in [0.717, 1.165) is 30.1 Å². The third-order valence-corrected chi connectivity index (χ3v) is 5.51. The number of ether oxygens (including phenoxy) is 3. The van der Waals surface area contributed by atoms with Crippen LogP contribution in [0, 0.1) is 0 Å². The maximum Gasteiger partial charge on any atom is 0.140 e. The van der Waals surface area contributed by atoms with Gasteiger partial charge in [-0.15, -0.1) is 0 Å². The minimum atomic E-state index is -0.559. The lowest BCUT2D eigenvalue weighted by atomic mass is 10.1. The Kier molecular flexibility index (Phi) is 5.05. The van der Waals surface area contributed by atoms with Gasteiger partial charge in [0.1, 0.15) is 29.9 Å². The maximum absolute atomic E-state index is 10.0. The van der Waals surface area contributed by atoms with Crippen molar-refractivity contribution in [3.05, 3.63) is 55.4 Å². The number of aromatic nitrogens is 4. The van der Waals surface area contributed by atoms with Crippen LogP contribution < -0.4 is 4.74 Å². The van der Waals surface area contributed by atoms with Gasteiger partial charge in [0.25, 0.3) is 0 Å². The molecule has 8 nitrogen and oxygen atoms in total. The van der Waals surface area contributed by atoms with Gasteiger partial charge in [-0.1, -0.05) is 12.1 Å². The SMILES string of the molecule is O[C@@H]1CO[C@H]2[C@@H]1OC[C@@H]2n1ccnc1-c1cccc(OCCCn2ccnc2)c1. The predicted molar refractivity (Wildman–Crippen MR) is 105 cm³/mol. The van der Waals surface area contributed by atoms with E-state index in [9.17, 15) is 5.11 Å². The number of aliphatic hydroxyl groups is 1. The van der Waals surface area contributed by atoms with Gasteiger partial charge < -0.3 is 28.5 Å². The van der Waals surface area contributed by atoms with Crippen molar-refractivity contribution in [2.24, 2.45) is 0 Å². The number of nitrogens with zero attached hydrogens (tertiary/aromatic N) is 4. The van der Waals surface area contributed by atoms with Crippen LogP contribution in [-0.4, -0.2) is 62.3 Å². The van der Waals surface area contributed by atoms with Gasteiger partial charge in [0.15, 0.2) is 0 Å². The smallest absolute Gasteiger partial charge is 0.140 e. The highest BCUT2D eigenvalue weighted by Crippen LogP contribution is 2.36. The molecule has 4 heterocycles. The van der Waals surface area contributed by atoms with Crippen molar-refractivity contribution in [2.75, 3.05) is 19.8 Å². The van der Waals surface area contributed by atoms with E-state index in [1.165, 1.54) is 0 Å². The summed E-state index contributed by atoms with van der Waals surface area (Å²) in [6.45, 7) is 2.32. The van der Waals surface area contributed by atoms with Crippen molar-refractivity contribution in [3.8, 4) is 17.1 Å². The normalized spacial score (nSPS) is 26.0. The highest BCUT2D eigenvalue weighted by Gasteiger charge is 2.48. The molecule has 0 amide bonds. The Hall–Kier alpha value is -2.68. The molecule has 4 atom stereocenters. The quantitative estimate of drug-likeness (QED) is 0.615. The molecule has 2 aromatic heterocycles. The Bertz CT molecular complexity index is 942. The number of aliphatic hydroxyl groups excluding tert-OH is 1. The second-order valence-electron chi connectivity index (χ2n) is 7.42. The molecule has 1 N–H and O–H groups in total. The molecular weight excluding hydrogens is 372 g/mol. The highest BCUT2D eigenvalue weighted by molar-refractivity contribution is 5.58. The number of hydrogen-bond donors (Lipinski definition) is 1. The van der Waals surface area contributed by atoms with Crippen molar-refractivity contribution in [3.63, 3.8) is 0 Å². The summed E-state index contributed by atoms with van der Waals surface area (Å²) in [5.41, 5.74) is 0.976. The van der Waals surface area contributed by atoms with E-state index >= 15 is 0 Å². The fraction of sp³-hybridized carbons (Fsp3) is 0.429. The van der Waals surface area contributed by atoms with E-state index in [2.05, 4.69) is 14.5 Å². The van der Waals surface area contributed by atoms with Gasteiger partial charge >= 0.3 is 0 Å². The Morgan fingerprint density at radius 1 is 1.14 bits per heavy atom. The van der Waals surface area contributed by atoms with Crippen LogP contribution in [0.4, 0.5) is 0 Å². The molecule has 2 saturated heterocycles. The second kappa shape index (κ2) is 7.98. The zero-order valence-corrected chi connectivity index (χ0v) is 16.0. The van der Waals surface area contributed by atoms with Crippen LogP contribution in [0.15, 0.2) is 55.4 Å². The molecule has 2 aliphatic rings.